The molecule has 0 aliphatic rings. The van der Waals surface area contributed by atoms with Crippen molar-refractivity contribution in [3.63, 3.8) is 0 Å². The summed E-state index contributed by atoms with van der Waals surface area (Å²) in [6.45, 7) is -1.83. The van der Waals surface area contributed by atoms with Crippen molar-refractivity contribution in [3.8, 4) is 0 Å². The van der Waals surface area contributed by atoms with Crippen molar-refractivity contribution in [2.45, 2.75) is 19.4 Å². The van der Waals surface area contributed by atoms with Crippen LogP contribution in [-0.2, 0) is 18.0 Å². The van der Waals surface area contributed by atoms with Gasteiger partial charge in [0.25, 0.3) is 5.69 Å². The SMILES string of the molecule is COC(=O)c1ccc2c(cnn2CN(Cc2ccccc2[N+](=O)[O-])CC(F)(F)F)c1. The zero-order chi connectivity index (χ0) is 21.9. The first kappa shape index (κ1) is 21.2. The monoisotopic (exact) mass is 422 g/mol. The van der Waals surface area contributed by atoms with Gasteiger partial charge in [-0.3, -0.25) is 19.7 Å². The molecule has 30 heavy (non-hydrogen) atoms. The molecule has 1 aromatic heterocycles. The van der Waals surface area contributed by atoms with Crippen molar-refractivity contribution in [2.75, 3.05) is 13.7 Å². The highest BCUT2D eigenvalue weighted by molar-refractivity contribution is 5.94. The second kappa shape index (κ2) is 8.49. The summed E-state index contributed by atoms with van der Waals surface area (Å²) in [4.78, 5) is 23.2. The van der Waals surface area contributed by atoms with Crippen LogP contribution in [0.15, 0.2) is 48.7 Å². The maximum absolute atomic E-state index is 13.1. The Kier molecular flexibility index (Phi) is 6.01. The van der Waals surface area contributed by atoms with Gasteiger partial charge in [-0.15, -0.1) is 0 Å². The molecule has 0 spiro atoms. The molecular formula is C19H17F3N4O4. The van der Waals surface area contributed by atoms with Crippen LogP contribution in [0.25, 0.3) is 10.9 Å². The van der Waals surface area contributed by atoms with Crippen molar-refractivity contribution in [2.24, 2.45) is 0 Å². The molecule has 0 amide bonds. The van der Waals surface area contributed by atoms with E-state index >= 15 is 0 Å². The molecule has 0 fully saturated rings. The maximum atomic E-state index is 13.1. The first-order valence-electron chi connectivity index (χ1n) is 8.73. The Balaban J connectivity index is 1.91. The van der Waals surface area contributed by atoms with Crippen LogP contribution in [-0.4, -0.2) is 45.4 Å². The van der Waals surface area contributed by atoms with Crippen molar-refractivity contribution in [3.05, 3.63) is 69.9 Å². The van der Waals surface area contributed by atoms with E-state index in [9.17, 15) is 28.1 Å². The Morgan fingerprint density at radius 1 is 1.27 bits per heavy atom. The molecular weight excluding hydrogens is 405 g/mol. The van der Waals surface area contributed by atoms with Gasteiger partial charge in [0, 0.05) is 23.6 Å². The molecule has 0 radical (unpaired) electrons. The average molecular weight is 422 g/mol. The minimum Gasteiger partial charge on any atom is -0.465 e. The molecule has 0 bridgehead atoms. The third-order valence-corrected chi connectivity index (χ3v) is 4.38. The lowest BCUT2D eigenvalue weighted by molar-refractivity contribution is -0.385. The van der Waals surface area contributed by atoms with Gasteiger partial charge in [-0.1, -0.05) is 18.2 Å². The summed E-state index contributed by atoms with van der Waals surface area (Å²) in [7, 11) is 1.24. The van der Waals surface area contributed by atoms with Crippen molar-refractivity contribution < 1.29 is 27.6 Å². The number of carbonyl (C=O) groups excluding carboxylic acids is 1. The number of esters is 1. The normalized spacial score (nSPS) is 11.8. The summed E-state index contributed by atoms with van der Waals surface area (Å²) in [5.41, 5.74) is 0.711. The van der Waals surface area contributed by atoms with E-state index in [-0.39, 0.29) is 30.0 Å². The molecule has 0 aliphatic heterocycles. The molecule has 3 aromatic rings. The number of hydrogen-bond donors (Lipinski definition) is 0. The fraction of sp³-hybridized carbons (Fsp3) is 0.263. The van der Waals surface area contributed by atoms with Crippen LogP contribution >= 0.6 is 0 Å². The fourth-order valence-corrected chi connectivity index (χ4v) is 3.11. The Labute approximate surface area is 168 Å². The van der Waals surface area contributed by atoms with Gasteiger partial charge in [0.1, 0.15) is 0 Å². The van der Waals surface area contributed by atoms with Gasteiger partial charge < -0.3 is 4.74 Å². The van der Waals surface area contributed by atoms with E-state index in [1.54, 1.807) is 6.07 Å². The lowest BCUT2D eigenvalue weighted by Gasteiger charge is -2.24. The topological polar surface area (TPSA) is 90.5 Å². The molecule has 2 aromatic carbocycles. The number of aromatic nitrogens is 2. The molecule has 0 N–H and O–H groups in total. The Bertz CT molecular complexity index is 1080. The van der Waals surface area contributed by atoms with Gasteiger partial charge >= 0.3 is 12.1 Å². The van der Waals surface area contributed by atoms with Crippen LogP contribution in [0, 0.1) is 10.1 Å². The number of nitrogens with zero attached hydrogens (tertiary/aromatic N) is 4. The first-order valence-corrected chi connectivity index (χ1v) is 8.73. The highest BCUT2D eigenvalue weighted by Gasteiger charge is 2.32. The third-order valence-electron chi connectivity index (χ3n) is 4.38. The van der Waals surface area contributed by atoms with E-state index in [1.165, 1.54) is 54.4 Å². The molecule has 0 aliphatic carbocycles. The summed E-state index contributed by atoms with van der Waals surface area (Å²) in [6, 6.07) is 10.2. The number of fused-ring (bicyclic) bond motifs is 1. The van der Waals surface area contributed by atoms with Gasteiger partial charge in [-0.05, 0) is 18.2 Å². The summed E-state index contributed by atoms with van der Waals surface area (Å²) in [6.07, 6.45) is -3.08. The smallest absolute Gasteiger partial charge is 0.401 e. The van der Waals surface area contributed by atoms with Gasteiger partial charge in [0.15, 0.2) is 0 Å². The second-order valence-electron chi connectivity index (χ2n) is 6.54. The number of nitro benzene ring substituents is 1. The number of hydrogen-bond acceptors (Lipinski definition) is 6. The molecule has 11 heteroatoms. The van der Waals surface area contributed by atoms with Crippen molar-refractivity contribution in [1.29, 1.82) is 0 Å². The van der Waals surface area contributed by atoms with Crippen LogP contribution in [0.4, 0.5) is 18.9 Å². The summed E-state index contributed by atoms with van der Waals surface area (Å²) >= 11 is 0. The Hall–Kier alpha value is -3.47. The minimum absolute atomic E-state index is 0.163. The lowest BCUT2D eigenvalue weighted by Crippen LogP contribution is -2.35. The van der Waals surface area contributed by atoms with Gasteiger partial charge in [0.05, 0.1) is 42.5 Å². The molecule has 0 saturated carbocycles. The third kappa shape index (κ3) is 4.92. The van der Waals surface area contributed by atoms with E-state index in [0.29, 0.717) is 10.9 Å². The van der Waals surface area contributed by atoms with E-state index in [1.807, 2.05) is 0 Å². The number of ether oxygens (including phenoxy) is 1. The predicted molar refractivity (Wildman–Crippen MR) is 101 cm³/mol. The van der Waals surface area contributed by atoms with Crippen LogP contribution < -0.4 is 0 Å². The number of rotatable bonds is 7. The summed E-state index contributed by atoms with van der Waals surface area (Å²) in [5.74, 6) is -0.542. The number of methoxy groups -OCH3 is 1. The largest absolute Gasteiger partial charge is 0.465 e. The maximum Gasteiger partial charge on any atom is 0.401 e. The molecule has 3 rings (SSSR count). The zero-order valence-corrected chi connectivity index (χ0v) is 15.8. The fourth-order valence-electron chi connectivity index (χ4n) is 3.11. The quantitative estimate of drug-likeness (QED) is 0.327. The standard InChI is InChI=1S/C19H17F3N4O4/c1-30-18(27)13-6-7-16-15(8-13)9-23-25(16)12-24(11-19(20,21)22)10-14-4-2-3-5-17(14)26(28)29/h2-9H,10-12H2,1H3. The number of alkyl halides is 3. The number of benzene rings is 2. The molecule has 8 nitrogen and oxygen atoms in total. The van der Waals surface area contributed by atoms with Crippen LogP contribution in [0.1, 0.15) is 15.9 Å². The number of carbonyl (C=O) groups is 1. The van der Waals surface area contributed by atoms with Crippen LogP contribution in [0.5, 0.6) is 0 Å². The molecule has 0 atom stereocenters. The molecule has 158 valence electrons. The number of para-hydroxylation sites is 1. The minimum atomic E-state index is -4.51. The Morgan fingerprint density at radius 2 is 2.00 bits per heavy atom. The summed E-state index contributed by atoms with van der Waals surface area (Å²) < 4.78 is 45.4. The van der Waals surface area contributed by atoms with Crippen LogP contribution in [0.3, 0.4) is 0 Å². The lowest BCUT2D eigenvalue weighted by atomic mass is 10.1. The number of halogens is 3. The first-order chi connectivity index (χ1) is 14.2. The molecule has 0 unspecified atom stereocenters. The summed E-state index contributed by atoms with van der Waals surface area (Å²) in [5, 5.41) is 15.9. The van der Waals surface area contributed by atoms with Crippen molar-refractivity contribution >= 4 is 22.6 Å². The van der Waals surface area contributed by atoms with E-state index in [2.05, 4.69) is 9.84 Å². The van der Waals surface area contributed by atoms with Gasteiger partial charge in [0.2, 0.25) is 0 Å². The highest BCUT2D eigenvalue weighted by atomic mass is 19.4. The van der Waals surface area contributed by atoms with Gasteiger partial charge in [-0.25, -0.2) is 4.79 Å². The molecule has 0 saturated heterocycles. The van der Waals surface area contributed by atoms with E-state index in [4.69, 9.17) is 0 Å². The number of nitro groups is 1. The van der Waals surface area contributed by atoms with E-state index in [0.717, 1.165) is 4.90 Å². The zero-order valence-electron chi connectivity index (χ0n) is 15.8. The molecule has 1 heterocycles. The van der Waals surface area contributed by atoms with Gasteiger partial charge in [-0.2, -0.15) is 18.3 Å². The van der Waals surface area contributed by atoms with Crippen LogP contribution in [0.2, 0.25) is 0 Å². The highest BCUT2D eigenvalue weighted by Crippen LogP contribution is 2.24. The Morgan fingerprint density at radius 3 is 2.67 bits per heavy atom. The second-order valence-corrected chi connectivity index (χ2v) is 6.54. The van der Waals surface area contributed by atoms with E-state index < -0.39 is 23.6 Å². The predicted octanol–water partition coefficient (Wildman–Crippen LogP) is 3.75. The van der Waals surface area contributed by atoms with Crippen molar-refractivity contribution in [1.82, 2.24) is 14.7 Å². The average Bonchev–Trinajstić information content (AvgIpc) is 3.08.